The Morgan fingerprint density at radius 3 is 2.47 bits per heavy atom. The van der Waals surface area contributed by atoms with Gasteiger partial charge in [0.05, 0.1) is 0 Å². The summed E-state index contributed by atoms with van der Waals surface area (Å²) in [5.41, 5.74) is 0.816. The maximum Gasteiger partial charge on any atom is 0.127 e. The van der Waals surface area contributed by atoms with E-state index in [4.69, 9.17) is 0 Å². The Balaban J connectivity index is 1.73. The van der Waals surface area contributed by atoms with Gasteiger partial charge in [-0.3, -0.25) is 4.90 Å². The van der Waals surface area contributed by atoms with Gasteiger partial charge in [-0.15, -0.1) is 0 Å². The minimum atomic E-state index is -0.0845. The van der Waals surface area contributed by atoms with Crippen molar-refractivity contribution in [2.45, 2.75) is 56.8 Å². The zero-order valence-electron chi connectivity index (χ0n) is 11.8. The predicted molar refractivity (Wildman–Crippen MR) is 75.5 cm³/mol. The van der Waals surface area contributed by atoms with Crippen molar-refractivity contribution < 1.29 is 4.39 Å². The molecule has 2 fully saturated rings. The van der Waals surface area contributed by atoms with Gasteiger partial charge in [0.2, 0.25) is 0 Å². The molecule has 3 heteroatoms. The summed E-state index contributed by atoms with van der Waals surface area (Å²) in [6, 6.07) is 9.23. The van der Waals surface area contributed by atoms with Crippen molar-refractivity contribution in [3.05, 3.63) is 35.6 Å². The van der Waals surface area contributed by atoms with E-state index in [0.29, 0.717) is 18.1 Å². The van der Waals surface area contributed by atoms with Crippen molar-refractivity contribution >= 4 is 0 Å². The van der Waals surface area contributed by atoms with E-state index < -0.39 is 0 Å². The largest absolute Gasteiger partial charge is 0.311 e. The predicted octanol–water partition coefficient (Wildman–Crippen LogP) is 3.10. The van der Waals surface area contributed by atoms with E-state index in [0.717, 1.165) is 5.56 Å². The minimum Gasteiger partial charge on any atom is -0.311 e. The van der Waals surface area contributed by atoms with Crippen LogP contribution in [0.5, 0.6) is 0 Å². The van der Waals surface area contributed by atoms with Gasteiger partial charge in [0.25, 0.3) is 0 Å². The molecular weight excluding hydrogens is 239 g/mol. The summed E-state index contributed by atoms with van der Waals surface area (Å²) in [6.45, 7) is 2.11. The summed E-state index contributed by atoms with van der Waals surface area (Å²) in [7, 11) is 2.15. The van der Waals surface area contributed by atoms with Crippen molar-refractivity contribution in [1.29, 1.82) is 0 Å². The molecular formula is C16H23FN2. The van der Waals surface area contributed by atoms with Gasteiger partial charge in [-0.1, -0.05) is 18.2 Å². The first-order valence-corrected chi connectivity index (χ1v) is 7.37. The average molecular weight is 262 g/mol. The normalized spacial score (nSPS) is 31.7. The lowest BCUT2D eigenvalue weighted by molar-refractivity contribution is 0.131. The maximum absolute atomic E-state index is 13.9. The first-order chi connectivity index (χ1) is 9.15. The second-order valence-corrected chi connectivity index (χ2v) is 6.13. The number of rotatable bonds is 3. The molecule has 0 amide bonds. The van der Waals surface area contributed by atoms with Crippen molar-refractivity contribution in [2.24, 2.45) is 0 Å². The molecule has 0 radical (unpaired) electrons. The highest BCUT2D eigenvalue weighted by atomic mass is 19.1. The number of piperidine rings is 1. The third kappa shape index (κ3) is 2.54. The second-order valence-electron chi connectivity index (χ2n) is 6.13. The molecule has 3 rings (SSSR count). The third-order valence-electron chi connectivity index (χ3n) is 4.99. The Hall–Kier alpha value is -0.930. The van der Waals surface area contributed by atoms with Crippen LogP contribution >= 0.6 is 0 Å². The van der Waals surface area contributed by atoms with E-state index in [1.165, 1.54) is 25.7 Å². The van der Waals surface area contributed by atoms with E-state index in [1.807, 2.05) is 12.1 Å². The quantitative estimate of drug-likeness (QED) is 0.900. The SMILES string of the molecule is CC(c1ccccc1F)N(C)C1CC2CCC(C1)N2. The van der Waals surface area contributed by atoms with E-state index >= 15 is 0 Å². The lowest BCUT2D eigenvalue weighted by atomic mass is 9.95. The van der Waals surface area contributed by atoms with Crippen LogP contribution in [0, 0.1) is 5.82 Å². The molecule has 2 aliphatic rings. The molecule has 0 aromatic heterocycles. The van der Waals surface area contributed by atoms with Crippen LogP contribution in [0.4, 0.5) is 4.39 Å². The van der Waals surface area contributed by atoms with Crippen LogP contribution in [0.3, 0.4) is 0 Å². The number of fused-ring (bicyclic) bond motifs is 2. The molecule has 104 valence electrons. The number of halogens is 1. The van der Waals surface area contributed by atoms with Crippen LogP contribution < -0.4 is 5.32 Å². The maximum atomic E-state index is 13.9. The molecule has 3 atom stereocenters. The molecule has 1 aromatic carbocycles. The summed E-state index contributed by atoms with van der Waals surface area (Å²) >= 11 is 0. The van der Waals surface area contributed by atoms with Crippen LogP contribution in [0.2, 0.25) is 0 Å². The molecule has 2 aliphatic heterocycles. The van der Waals surface area contributed by atoms with Crippen LogP contribution in [0.15, 0.2) is 24.3 Å². The highest BCUT2D eigenvalue weighted by Gasteiger charge is 2.36. The standard InChI is InChI=1S/C16H23FN2/c1-11(15-5-3-4-6-16(15)17)19(2)14-9-12-7-8-13(10-14)18-12/h3-6,11-14,18H,7-10H2,1-2H3. The molecule has 19 heavy (non-hydrogen) atoms. The smallest absolute Gasteiger partial charge is 0.127 e. The third-order valence-corrected chi connectivity index (χ3v) is 4.99. The Kier molecular flexibility index (Phi) is 3.59. The fourth-order valence-electron chi connectivity index (χ4n) is 3.71. The molecule has 2 saturated heterocycles. The minimum absolute atomic E-state index is 0.0845. The highest BCUT2D eigenvalue weighted by Crippen LogP contribution is 2.33. The van der Waals surface area contributed by atoms with Crippen molar-refractivity contribution in [1.82, 2.24) is 10.2 Å². The van der Waals surface area contributed by atoms with E-state index in [9.17, 15) is 4.39 Å². The van der Waals surface area contributed by atoms with E-state index in [-0.39, 0.29) is 11.9 Å². The molecule has 2 heterocycles. The Morgan fingerprint density at radius 1 is 1.21 bits per heavy atom. The van der Waals surface area contributed by atoms with Crippen LogP contribution in [-0.2, 0) is 0 Å². The van der Waals surface area contributed by atoms with Gasteiger partial charge in [-0.2, -0.15) is 0 Å². The second kappa shape index (κ2) is 5.22. The number of hydrogen-bond donors (Lipinski definition) is 1. The van der Waals surface area contributed by atoms with Crippen LogP contribution in [0.1, 0.15) is 44.2 Å². The van der Waals surface area contributed by atoms with Gasteiger partial charge in [-0.25, -0.2) is 4.39 Å². The van der Waals surface area contributed by atoms with Crippen molar-refractivity contribution in [2.75, 3.05) is 7.05 Å². The van der Waals surface area contributed by atoms with Gasteiger partial charge >= 0.3 is 0 Å². The molecule has 1 N–H and O–H groups in total. The lowest BCUT2D eigenvalue weighted by Gasteiger charge is -2.39. The molecule has 2 bridgehead atoms. The molecule has 0 saturated carbocycles. The number of nitrogens with one attached hydrogen (secondary N) is 1. The monoisotopic (exact) mass is 262 g/mol. The van der Waals surface area contributed by atoms with Gasteiger partial charge in [-0.05, 0) is 45.7 Å². The van der Waals surface area contributed by atoms with Crippen molar-refractivity contribution in [3.8, 4) is 0 Å². The molecule has 3 unspecified atom stereocenters. The summed E-state index contributed by atoms with van der Waals surface area (Å²) in [5.74, 6) is -0.0845. The summed E-state index contributed by atoms with van der Waals surface area (Å²) in [5, 5.41) is 3.66. The lowest BCUT2D eigenvalue weighted by Crippen LogP contribution is -2.47. The van der Waals surface area contributed by atoms with Gasteiger partial charge in [0, 0.05) is 29.7 Å². The topological polar surface area (TPSA) is 15.3 Å². The zero-order valence-corrected chi connectivity index (χ0v) is 11.8. The molecule has 2 nitrogen and oxygen atoms in total. The summed E-state index contributed by atoms with van der Waals surface area (Å²) in [6.07, 6.45) is 5.02. The first-order valence-electron chi connectivity index (χ1n) is 7.37. The zero-order chi connectivity index (χ0) is 13.4. The molecule has 0 aliphatic carbocycles. The van der Waals surface area contributed by atoms with Gasteiger partial charge in [0.15, 0.2) is 0 Å². The fourth-order valence-corrected chi connectivity index (χ4v) is 3.71. The van der Waals surface area contributed by atoms with E-state index in [1.54, 1.807) is 12.1 Å². The van der Waals surface area contributed by atoms with Gasteiger partial charge < -0.3 is 5.32 Å². The Bertz CT molecular complexity index is 436. The molecule has 0 spiro atoms. The van der Waals surface area contributed by atoms with E-state index in [2.05, 4.69) is 24.2 Å². The Morgan fingerprint density at radius 2 is 1.84 bits per heavy atom. The highest BCUT2D eigenvalue weighted by molar-refractivity contribution is 5.21. The number of hydrogen-bond acceptors (Lipinski definition) is 2. The Labute approximate surface area is 115 Å². The summed E-state index contributed by atoms with van der Waals surface area (Å²) < 4.78 is 13.9. The molecule has 1 aromatic rings. The number of nitrogens with zero attached hydrogens (tertiary/aromatic N) is 1. The van der Waals surface area contributed by atoms with Crippen LogP contribution in [-0.4, -0.2) is 30.1 Å². The number of benzene rings is 1. The average Bonchev–Trinajstić information content (AvgIpc) is 2.76. The van der Waals surface area contributed by atoms with Crippen molar-refractivity contribution in [3.63, 3.8) is 0 Å². The first kappa shape index (κ1) is 13.1. The fraction of sp³-hybridized carbons (Fsp3) is 0.625. The van der Waals surface area contributed by atoms with Crippen LogP contribution in [0.25, 0.3) is 0 Å². The van der Waals surface area contributed by atoms with Gasteiger partial charge in [0.1, 0.15) is 5.82 Å². The summed E-state index contributed by atoms with van der Waals surface area (Å²) in [4.78, 5) is 2.37.